The number of urea groups is 1. The molecule has 130 valence electrons. The molecule has 0 unspecified atom stereocenters. The van der Waals surface area contributed by atoms with E-state index in [2.05, 4.69) is 10.5 Å². The average Bonchev–Trinajstić information content (AvgIpc) is 3.05. The molecule has 0 fully saturated rings. The Morgan fingerprint density at radius 2 is 1.92 bits per heavy atom. The van der Waals surface area contributed by atoms with Gasteiger partial charge in [-0.15, -0.1) is 0 Å². The first-order chi connectivity index (χ1) is 12.2. The van der Waals surface area contributed by atoms with Crippen LogP contribution in [0.1, 0.15) is 19.5 Å². The van der Waals surface area contributed by atoms with E-state index in [1.54, 1.807) is 4.90 Å². The summed E-state index contributed by atoms with van der Waals surface area (Å²) in [5.74, 6) is 0.789. The number of amides is 2. The van der Waals surface area contributed by atoms with Crippen LogP contribution in [-0.2, 0) is 6.54 Å². The summed E-state index contributed by atoms with van der Waals surface area (Å²) < 4.78 is 10.7. The molecule has 0 bridgehead atoms. The number of anilines is 1. The number of benzene rings is 2. The lowest BCUT2D eigenvalue weighted by atomic mass is 10.2. The third-order valence-corrected chi connectivity index (χ3v) is 3.88. The molecule has 6 heteroatoms. The van der Waals surface area contributed by atoms with E-state index in [0.717, 1.165) is 16.8 Å². The van der Waals surface area contributed by atoms with Crippen molar-refractivity contribution >= 4 is 22.7 Å². The maximum atomic E-state index is 12.5. The fourth-order valence-electron chi connectivity index (χ4n) is 2.65. The Hall–Kier alpha value is -3.02. The van der Waals surface area contributed by atoms with Gasteiger partial charge in [-0.05, 0) is 50.2 Å². The standard InChI is InChI=1S/C19H21N3O3/c1-3-22(14-9-11-15(12-10-14)24-4-2)19(23)20-13-17-16-7-5-6-8-18(16)25-21-17/h5-12H,3-4,13H2,1-2H3,(H,20,23). The molecule has 0 spiro atoms. The van der Waals surface area contributed by atoms with Crippen molar-refractivity contribution in [1.82, 2.24) is 10.5 Å². The lowest BCUT2D eigenvalue weighted by molar-refractivity contribution is 0.246. The summed E-state index contributed by atoms with van der Waals surface area (Å²) in [5, 5.41) is 7.84. The van der Waals surface area contributed by atoms with Crippen molar-refractivity contribution in [2.75, 3.05) is 18.1 Å². The minimum Gasteiger partial charge on any atom is -0.494 e. The van der Waals surface area contributed by atoms with Crippen LogP contribution in [0.25, 0.3) is 11.0 Å². The lowest BCUT2D eigenvalue weighted by Crippen LogP contribution is -2.39. The summed E-state index contributed by atoms with van der Waals surface area (Å²) >= 11 is 0. The van der Waals surface area contributed by atoms with E-state index < -0.39 is 0 Å². The summed E-state index contributed by atoms with van der Waals surface area (Å²) in [7, 11) is 0. The van der Waals surface area contributed by atoms with Gasteiger partial charge >= 0.3 is 6.03 Å². The molecular weight excluding hydrogens is 318 g/mol. The highest BCUT2D eigenvalue weighted by Crippen LogP contribution is 2.20. The van der Waals surface area contributed by atoms with Crippen LogP contribution in [-0.4, -0.2) is 24.3 Å². The highest BCUT2D eigenvalue weighted by Gasteiger charge is 2.15. The minimum absolute atomic E-state index is 0.182. The molecular formula is C19H21N3O3. The van der Waals surface area contributed by atoms with Crippen LogP contribution >= 0.6 is 0 Å². The molecule has 2 amide bonds. The van der Waals surface area contributed by atoms with Crippen molar-refractivity contribution in [3.8, 4) is 5.75 Å². The van der Waals surface area contributed by atoms with E-state index in [-0.39, 0.29) is 6.03 Å². The highest BCUT2D eigenvalue weighted by atomic mass is 16.5. The van der Waals surface area contributed by atoms with Crippen molar-refractivity contribution in [2.45, 2.75) is 20.4 Å². The zero-order valence-corrected chi connectivity index (χ0v) is 14.4. The van der Waals surface area contributed by atoms with Crippen LogP contribution in [0.2, 0.25) is 0 Å². The van der Waals surface area contributed by atoms with E-state index in [9.17, 15) is 4.79 Å². The van der Waals surface area contributed by atoms with Crippen LogP contribution in [0.15, 0.2) is 53.1 Å². The van der Waals surface area contributed by atoms with Crippen molar-refractivity contribution in [3.63, 3.8) is 0 Å². The molecule has 0 radical (unpaired) electrons. The van der Waals surface area contributed by atoms with Gasteiger partial charge in [-0.3, -0.25) is 4.90 Å². The molecule has 0 atom stereocenters. The zero-order valence-electron chi connectivity index (χ0n) is 14.4. The van der Waals surface area contributed by atoms with Crippen molar-refractivity contribution in [2.24, 2.45) is 0 Å². The molecule has 3 rings (SSSR count). The zero-order chi connectivity index (χ0) is 17.6. The van der Waals surface area contributed by atoms with Gasteiger partial charge in [0.1, 0.15) is 11.4 Å². The molecule has 0 aliphatic heterocycles. The summed E-state index contributed by atoms with van der Waals surface area (Å²) in [4.78, 5) is 14.2. The topological polar surface area (TPSA) is 67.6 Å². The fourth-order valence-corrected chi connectivity index (χ4v) is 2.65. The fraction of sp³-hybridized carbons (Fsp3) is 0.263. The Morgan fingerprint density at radius 3 is 2.64 bits per heavy atom. The largest absolute Gasteiger partial charge is 0.494 e. The molecule has 3 aromatic rings. The number of carbonyl (C=O) groups is 1. The molecule has 25 heavy (non-hydrogen) atoms. The quantitative estimate of drug-likeness (QED) is 0.738. The van der Waals surface area contributed by atoms with E-state index in [1.807, 2.05) is 62.4 Å². The van der Waals surface area contributed by atoms with Crippen molar-refractivity contribution < 1.29 is 14.1 Å². The number of fused-ring (bicyclic) bond motifs is 1. The first kappa shape index (κ1) is 16.8. The number of hydrogen-bond donors (Lipinski definition) is 1. The van der Waals surface area contributed by atoms with Gasteiger partial charge in [-0.25, -0.2) is 4.79 Å². The lowest BCUT2D eigenvalue weighted by Gasteiger charge is -2.21. The molecule has 6 nitrogen and oxygen atoms in total. The average molecular weight is 339 g/mol. The second kappa shape index (κ2) is 7.70. The summed E-state index contributed by atoms with van der Waals surface area (Å²) in [5.41, 5.74) is 2.24. The number of ether oxygens (including phenoxy) is 1. The molecule has 0 saturated heterocycles. The number of rotatable bonds is 6. The Labute approximate surface area is 146 Å². The van der Waals surface area contributed by atoms with Gasteiger partial charge in [-0.2, -0.15) is 0 Å². The third-order valence-electron chi connectivity index (χ3n) is 3.88. The maximum absolute atomic E-state index is 12.5. The van der Waals surface area contributed by atoms with E-state index in [4.69, 9.17) is 9.26 Å². The van der Waals surface area contributed by atoms with E-state index in [1.165, 1.54) is 0 Å². The predicted octanol–water partition coefficient (Wildman–Crippen LogP) is 3.96. The molecule has 1 N–H and O–H groups in total. The third kappa shape index (κ3) is 3.74. The Morgan fingerprint density at radius 1 is 1.16 bits per heavy atom. The monoisotopic (exact) mass is 339 g/mol. The van der Waals surface area contributed by atoms with Crippen LogP contribution in [0.3, 0.4) is 0 Å². The van der Waals surface area contributed by atoms with Crippen LogP contribution in [0.4, 0.5) is 10.5 Å². The van der Waals surface area contributed by atoms with Crippen molar-refractivity contribution in [3.05, 3.63) is 54.2 Å². The molecule has 0 saturated carbocycles. The summed E-state index contributed by atoms with van der Waals surface area (Å²) in [6.45, 7) is 5.35. The number of nitrogens with one attached hydrogen (secondary N) is 1. The minimum atomic E-state index is -0.182. The maximum Gasteiger partial charge on any atom is 0.322 e. The van der Waals surface area contributed by atoms with Gasteiger partial charge in [-0.1, -0.05) is 17.3 Å². The molecule has 0 aliphatic rings. The summed E-state index contributed by atoms with van der Waals surface area (Å²) in [6.07, 6.45) is 0. The predicted molar refractivity (Wildman–Crippen MR) is 96.9 cm³/mol. The molecule has 0 aliphatic carbocycles. The molecule has 1 aromatic heterocycles. The van der Waals surface area contributed by atoms with Gasteiger partial charge in [0.2, 0.25) is 0 Å². The summed E-state index contributed by atoms with van der Waals surface area (Å²) in [6, 6.07) is 14.9. The molecule has 2 aromatic carbocycles. The Bertz CT molecular complexity index is 843. The van der Waals surface area contributed by atoms with Crippen LogP contribution in [0, 0.1) is 0 Å². The van der Waals surface area contributed by atoms with E-state index >= 15 is 0 Å². The van der Waals surface area contributed by atoms with Crippen molar-refractivity contribution in [1.29, 1.82) is 0 Å². The first-order valence-corrected chi connectivity index (χ1v) is 8.34. The number of carbonyl (C=O) groups excluding carboxylic acids is 1. The number of nitrogens with zero attached hydrogens (tertiary/aromatic N) is 2. The number of aromatic nitrogens is 1. The van der Waals surface area contributed by atoms with E-state index in [0.29, 0.717) is 31.0 Å². The van der Waals surface area contributed by atoms with Gasteiger partial charge in [0.15, 0.2) is 5.58 Å². The van der Waals surface area contributed by atoms with Crippen LogP contribution in [0.5, 0.6) is 5.75 Å². The van der Waals surface area contributed by atoms with Gasteiger partial charge in [0, 0.05) is 17.6 Å². The molecule has 1 heterocycles. The van der Waals surface area contributed by atoms with Gasteiger partial charge in [0.25, 0.3) is 0 Å². The SMILES string of the molecule is CCOc1ccc(N(CC)C(=O)NCc2noc3ccccc23)cc1. The second-order valence-corrected chi connectivity index (χ2v) is 5.46. The number of hydrogen-bond acceptors (Lipinski definition) is 4. The van der Waals surface area contributed by atoms with Gasteiger partial charge < -0.3 is 14.6 Å². The first-order valence-electron chi connectivity index (χ1n) is 8.34. The number of para-hydroxylation sites is 1. The van der Waals surface area contributed by atoms with Crippen LogP contribution < -0.4 is 15.0 Å². The van der Waals surface area contributed by atoms with Gasteiger partial charge in [0.05, 0.1) is 13.2 Å². The normalized spacial score (nSPS) is 10.6. The smallest absolute Gasteiger partial charge is 0.322 e. The second-order valence-electron chi connectivity index (χ2n) is 5.46. The highest BCUT2D eigenvalue weighted by molar-refractivity contribution is 5.92. The Kier molecular flexibility index (Phi) is 5.18. The Balaban J connectivity index is 1.68.